The lowest BCUT2D eigenvalue weighted by Crippen LogP contribution is -2.20. The number of rotatable bonds is 8. The smallest absolute Gasteiger partial charge is 0.297 e. The van der Waals surface area contributed by atoms with Gasteiger partial charge in [-0.3, -0.25) is 8.98 Å². The van der Waals surface area contributed by atoms with E-state index in [9.17, 15) is 13.2 Å². The maximum absolute atomic E-state index is 11.7. The highest BCUT2D eigenvalue weighted by Crippen LogP contribution is 2.12. The van der Waals surface area contributed by atoms with Crippen molar-refractivity contribution in [2.24, 2.45) is 0 Å². The van der Waals surface area contributed by atoms with Crippen LogP contribution >= 0.6 is 0 Å². The van der Waals surface area contributed by atoms with Crippen LogP contribution in [-0.4, -0.2) is 41.3 Å². The zero-order chi connectivity index (χ0) is 14.3. The molecule has 1 atom stereocenters. The number of carbonyl (C=O) groups excluding carboxylic acids is 1. The number of carbonyl (C=O) groups is 1. The number of hydrogen-bond acceptors (Lipinski definition) is 6. The second kappa shape index (κ2) is 7.34. The number of hydrogen-bond donors (Lipinski definition) is 0. The van der Waals surface area contributed by atoms with Crippen molar-refractivity contribution < 1.29 is 26.9 Å². The number of benzene rings is 1. The van der Waals surface area contributed by atoms with Gasteiger partial charge in [0.05, 0.1) is 18.1 Å². The van der Waals surface area contributed by atoms with Crippen molar-refractivity contribution in [3.8, 4) is 0 Å². The van der Waals surface area contributed by atoms with Crippen LogP contribution < -0.4 is 0 Å². The minimum Gasteiger partial charge on any atom is -0.350 e. The molecule has 0 heterocycles. The maximum Gasteiger partial charge on any atom is 0.297 e. The monoisotopic (exact) mass is 288 g/mol. The van der Waals surface area contributed by atoms with Gasteiger partial charge in [0.25, 0.3) is 10.1 Å². The minimum atomic E-state index is -3.80. The van der Waals surface area contributed by atoms with Crippen LogP contribution in [0.4, 0.5) is 0 Å². The number of aryl methyl sites for hydroxylation is 1. The van der Waals surface area contributed by atoms with Gasteiger partial charge in [-0.2, -0.15) is 8.42 Å². The van der Waals surface area contributed by atoms with Crippen molar-refractivity contribution in [1.29, 1.82) is 0 Å². The third kappa shape index (κ3) is 5.07. The Labute approximate surface area is 112 Å². The summed E-state index contributed by atoms with van der Waals surface area (Å²) in [6, 6.07) is 6.30. The molecule has 0 aliphatic carbocycles. The number of ether oxygens (including phenoxy) is 2. The van der Waals surface area contributed by atoms with Crippen LogP contribution in [0.3, 0.4) is 0 Å². The number of methoxy groups -OCH3 is 1. The Morgan fingerprint density at radius 3 is 2.37 bits per heavy atom. The molecule has 0 aromatic heterocycles. The molecule has 0 fully saturated rings. The average Bonchev–Trinajstić information content (AvgIpc) is 2.39. The van der Waals surface area contributed by atoms with Crippen molar-refractivity contribution in [1.82, 2.24) is 0 Å². The first-order chi connectivity index (χ1) is 8.99. The van der Waals surface area contributed by atoms with Gasteiger partial charge in [-0.25, -0.2) is 0 Å². The van der Waals surface area contributed by atoms with Gasteiger partial charge in [0.2, 0.25) is 6.29 Å². The molecule has 0 radical (unpaired) electrons. The molecule has 1 aromatic carbocycles. The summed E-state index contributed by atoms with van der Waals surface area (Å²) >= 11 is 0. The molecule has 0 N–H and O–H groups in total. The van der Waals surface area contributed by atoms with Gasteiger partial charge >= 0.3 is 0 Å². The molecule has 0 aliphatic heterocycles. The summed E-state index contributed by atoms with van der Waals surface area (Å²) in [4.78, 5) is 10.5. The summed E-state index contributed by atoms with van der Waals surface area (Å²) in [5.41, 5.74) is 0.955. The second-order valence-corrected chi connectivity index (χ2v) is 5.32. The van der Waals surface area contributed by atoms with Gasteiger partial charge in [0.15, 0.2) is 6.29 Å². The van der Waals surface area contributed by atoms with Gasteiger partial charge in [-0.05, 0) is 19.1 Å². The lowest BCUT2D eigenvalue weighted by molar-refractivity contribution is -0.151. The van der Waals surface area contributed by atoms with Crippen molar-refractivity contribution in [2.45, 2.75) is 18.1 Å². The Morgan fingerprint density at radius 1 is 1.21 bits per heavy atom. The van der Waals surface area contributed by atoms with E-state index < -0.39 is 16.4 Å². The van der Waals surface area contributed by atoms with Crippen LogP contribution in [0.25, 0.3) is 0 Å². The molecule has 19 heavy (non-hydrogen) atoms. The van der Waals surface area contributed by atoms with Crippen molar-refractivity contribution in [3.63, 3.8) is 0 Å². The first kappa shape index (κ1) is 15.8. The Kier molecular flexibility index (Phi) is 6.10. The third-order valence-corrected chi connectivity index (χ3v) is 3.58. The fraction of sp³-hybridized carbons (Fsp3) is 0.417. The molecular weight excluding hydrogens is 272 g/mol. The highest BCUT2D eigenvalue weighted by atomic mass is 32.2. The van der Waals surface area contributed by atoms with E-state index in [2.05, 4.69) is 4.74 Å². The van der Waals surface area contributed by atoms with E-state index in [1.54, 1.807) is 12.1 Å². The molecule has 0 saturated heterocycles. The lowest BCUT2D eigenvalue weighted by Gasteiger charge is -2.10. The van der Waals surface area contributed by atoms with E-state index in [1.807, 2.05) is 6.92 Å². The van der Waals surface area contributed by atoms with Gasteiger partial charge in [0.1, 0.15) is 0 Å². The van der Waals surface area contributed by atoms with E-state index in [4.69, 9.17) is 8.92 Å². The third-order valence-electron chi connectivity index (χ3n) is 2.26. The largest absolute Gasteiger partial charge is 0.350 e. The van der Waals surface area contributed by atoms with Gasteiger partial charge in [-0.15, -0.1) is 0 Å². The van der Waals surface area contributed by atoms with Crippen LogP contribution in [0.15, 0.2) is 29.2 Å². The number of aldehydes is 1. The van der Waals surface area contributed by atoms with Crippen LogP contribution in [0.1, 0.15) is 5.56 Å². The summed E-state index contributed by atoms with van der Waals surface area (Å²) in [5.74, 6) is 0. The van der Waals surface area contributed by atoms with Crippen molar-refractivity contribution in [2.75, 3.05) is 20.3 Å². The lowest BCUT2D eigenvalue weighted by atomic mass is 10.2. The summed E-state index contributed by atoms with van der Waals surface area (Å²) in [5, 5.41) is 0. The quantitative estimate of drug-likeness (QED) is 0.306. The average molecular weight is 288 g/mol. The zero-order valence-electron chi connectivity index (χ0n) is 10.7. The molecule has 106 valence electrons. The molecule has 1 rings (SSSR count). The Hall–Kier alpha value is -1.28. The van der Waals surface area contributed by atoms with E-state index in [0.29, 0.717) is 6.29 Å². The van der Waals surface area contributed by atoms with Gasteiger partial charge < -0.3 is 9.47 Å². The van der Waals surface area contributed by atoms with Crippen LogP contribution in [0, 0.1) is 6.92 Å². The fourth-order valence-corrected chi connectivity index (χ4v) is 2.14. The fourth-order valence-electron chi connectivity index (χ4n) is 1.24. The molecule has 7 heteroatoms. The van der Waals surface area contributed by atoms with Crippen LogP contribution in [0.2, 0.25) is 0 Å². The summed E-state index contributed by atoms with van der Waals surface area (Å²) in [6.07, 6.45) is -0.542. The molecule has 0 spiro atoms. The molecule has 6 nitrogen and oxygen atoms in total. The second-order valence-electron chi connectivity index (χ2n) is 3.70. The van der Waals surface area contributed by atoms with Crippen LogP contribution in [-0.2, 0) is 28.6 Å². The molecule has 0 unspecified atom stereocenters. The molecule has 0 aliphatic rings. The minimum absolute atomic E-state index is 0.0671. The van der Waals surface area contributed by atoms with Crippen molar-refractivity contribution >= 4 is 16.4 Å². The molecule has 0 saturated carbocycles. The van der Waals surface area contributed by atoms with E-state index in [1.165, 1.54) is 19.2 Å². The Balaban J connectivity index is 2.48. The highest BCUT2D eigenvalue weighted by molar-refractivity contribution is 7.86. The predicted octanol–water partition coefficient (Wildman–Crippen LogP) is 0.888. The molecular formula is C12H16O6S. The molecule has 1 aromatic rings. The van der Waals surface area contributed by atoms with E-state index >= 15 is 0 Å². The molecule has 0 bridgehead atoms. The Morgan fingerprint density at radius 2 is 1.84 bits per heavy atom. The molecule has 0 amide bonds. The topological polar surface area (TPSA) is 78.9 Å². The first-order valence-electron chi connectivity index (χ1n) is 5.55. The van der Waals surface area contributed by atoms with Crippen LogP contribution in [0.5, 0.6) is 0 Å². The zero-order valence-corrected chi connectivity index (χ0v) is 11.6. The maximum atomic E-state index is 11.7. The van der Waals surface area contributed by atoms with Crippen molar-refractivity contribution in [3.05, 3.63) is 29.8 Å². The highest BCUT2D eigenvalue weighted by Gasteiger charge is 2.15. The summed E-state index contributed by atoms with van der Waals surface area (Å²) < 4.78 is 37.8. The first-order valence-corrected chi connectivity index (χ1v) is 6.96. The normalized spacial score (nSPS) is 13.2. The standard InChI is InChI=1S/C12H16O6S/c1-10-3-5-11(6-4-10)19(14,15)18-8-7-17-12(9-13)16-2/h3-6,9,12H,7-8H2,1-2H3/t12-/m0/s1. The van der Waals surface area contributed by atoms with E-state index in [0.717, 1.165) is 5.56 Å². The summed E-state index contributed by atoms with van der Waals surface area (Å²) in [7, 11) is -2.49. The van der Waals surface area contributed by atoms with Gasteiger partial charge in [0, 0.05) is 7.11 Å². The summed E-state index contributed by atoms with van der Waals surface area (Å²) in [6.45, 7) is 1.60. The SMILES string of the molecule is CO[C@H](C=O)OCCOS(=O)(=O)c1ccc(C)cc1. The predicted molar refractivity (Wildman–Crippen MR) is 67.1 cm³/mol. The van der Waals surface area contributed by atoms with E-state index in [-0.39, 0.29) is 18.1 Å². The Bertz CT molecular complexity index is 493. The van der Waals surface area contributed by atoms with Gasteiger partial charge in [-0.1, -0.05) is 17.7 Å².